The highest BCUT2D eigenvalue weighted by Gasteiger charge is 2.30. The van der Waals surface area contributed by atoms with Crippen LogP contribution in [0.25, 0.3) is 0 Å². The molecular formula is C14H25N3O2. The van der Waals surface area contributed by atoms with Gasteiger partial charge in [0.25, 0.3) is 0 Å². The summed E-state index contributed by atoms with van der Waals surface area (Å²) in [6, 6.07) is 0. The molecule has 0 aliphatic heterocycles. The number of aromatic nitrogens is 3. The molecule has 0 radical (unpaired) electrons. The Labute approximate surface area is 115 Å². The van der Waals surface area contributed by atoms with Crippen LogP contribution in [0.2, 0.25) is 0 Å². The third kappa shape index (κ3) is 3.76. The minimum atomic E-state index is -0.494. The standard InChI is InChI=1S/C14H25N3O2/c1-3-19-14(11-7-5-4-6-8-11)12(18)9-13-15-10-16-17(13)2/h10-12,14,18H,3-9H2,1-2H3. The number of ether oxygens (including phenoxy) is 1. The third-order valence-electron chi connectivity index (χ3n) is 4.05. The molecule has 5 nitrogen and oxygen atoms in total. The second-order valence-electron chi connectivity index (χ2n) is 5.39. The zero-order valence-electron chi connectivity index (χ0n) is 12.0. The van der Waals surface area contributed by atoms with Crippen LogP contribution in [0.3, 0.4) is 0 Å². The smallest absolute Gasteiger partial charge is 0.138 e. The molecule has 0 amide bonds. The molecule has 5 heteroatoms. The number of nitrogens with zero attached hydrogens (tertiary/aromatic N) is 3. The summed E-state index contributed by atoms with van der Waals surface area (Å²) in [5.74, 6) is 1.30. The van der Waals surface area contributed by atoms with E-state index in [1.165, 1.54) is 38.4 Å². The van der Waals surface area contributed by atoms with Gasteiger partial charge in [0.15, 0.2) is 0 Å². The van der Waals surface area contributed by atoms with Gasteiger partial charge in [0.2, 0.25) is 0 Å². The lowest BCUT2D eigenvalue weighted by Crippen LogP contribution is -2.39. The summed E-state index contributed by atoms with van der Waals surface area (Å²) in [6.45, 7) is 2.64. The van der Waals surface area contributed by atoms with E-state index >= 15 is 0 Å². The number of aliphatic hydroxyl groups excluding tert-OH is 1. The third-order valence-corrected chi connectivity index (χ3v) is 4.05. The molecule has 1 aliphatic rings. The van der Waals surface area contributed by atoms with Crippen molar-refractivity contribution in [1.82, 2.24) is 14.8 Å². The number of hydrogen-bond donors (Lipinski definition) is 1. The first-order chi connectivity index (χ1) is 9.22. The van der Waals surface area contributed by atoms with Crippen molar-refractivity contribution in [2.45, 2.75) is 57.7 Å². The van der Waals surface area contributed by atoms with Gasteiger partial charge in [0.1, 0.15) is 12.2 Å². The summed E-state index contributed by atoms with van der Waals surface area (Å²) in [7, 11) is 1.85. The lowest BCUT2D eigenvalue weighted by Gasteiger charge is -2.33. The average Bonchev–Trinajstić information content (AvgIpc) is 2.82. The lowest BCUT2D eigenvalue weighted by molar-refractivity contribution is -0.0723. The second kappa shape index (κ2) is 7.01. The van der Waals surface area contributed by atoms with E-state index < -0.39 is 6.10 Å². The maximum Gasteiger partial charge on any atom is 0.138 e. The van der Waals surface area contributed by atoms with Crippen LogP contribution >= 0.6 is 0 Å². The zero-order chi connectivity index (χ0) is 13.7. The van der Waals surface area contributed by atoms with E-state index in [1.807, 2.05) is 14.0 Å². The molecule has 1 aliphatic carbocycles. The Morgan fingerprint density at radius 3 is 2.74 bits per heavy atom. The van der Waals surface area contributed by atoms with Crippen molar-refractivity contribution in [3.8, 4) is 0 Å². The van der Waals surface area contributed by atoms with E-state index in [2.05, 4.69) is 10.1 Å². The predicted molar refractivity (Wildman–Crippen MR) is 72.7 cm³/mol. The number of rotatable bonds is 6. The van der Waals surface area contributed by atoms with E-state index in [-0.39, 0.29) is 6.10 Å². The fraction of sp³-hybridized carbons (Fsp3) is 0.857. The molecule has 0 saturated heterocycles. The number of hydrogen-bond acceptors (Lipinski definition) is 4. The summed E-state index contributed by atoms with van der Waals surface area (Å²) >= 11 is 0. The van der Waals surface area contributed by atoms with Crippen molar-refractivity contribution in [3.63, 3.8) is 0 Å². The molecule has 2 unspecified atom stereocenters. The Bertz CT molecular complexity index is 375. The molecule has 19 heavy (non-hydrogen) atoms. The summed E-state index contributed by atoms with van der Waals surface area (Å²) < 4.78 is 7.54. The van der Waals surface area contributed by atoms with Gasteiger partial charge in [-0.2, -0.15) is 5.10 Å². The lowest BCUT2D eigenvalue weighted by atomic mass is 9.82. The van der Waals surface area contributed by atoms with Crippen molar-refractivity contribution in [2.75, 3.05) is 6.61 Å². The zero-order valence-corrected chi connectivity index (χ0v) is 12.0. The van der Waals surface area contributed by atoms with Gasteiger partial charge in [-0.1, -0.05) is 19.3 Å². The normalized spacial score (nSPS) is 20.4. The monoisotopic (exact) mass is 267 g/mol. The van der Waals surface area contributed by atoms with Crippen LogP contribution in [0.1, 0.15) is 44.9 Å². The van der Waals surface area contributed by atoms with Crippen LogP contribution in [0.4, 0.5) is 0 Å². The summed E-state index contributed by atoms with van der Waals surface area (Å²) in [4.78, 5) is 4.18. The van der Waals surface area contributed by atoms with E-state index in [4.69, 9.17) is 4.74 Å². The molecule has 0 bridgehead atoms. The maximum atomic E-state index is 10.5. The molecule has 1 fully saturated rings. The summed E-state index contributed by atoms with van der Waals surface area (Å²) in [5.41, 5.74) is 0. The highest BCUT2D eigenvalue weighted by molar-refractivity contribution is 4.91. The van der Waals surface area contributed by atoms with E-state index in [1.54, 1.807) is 4.68 Å². The number of aryl methyl sites for hydroxylation is 1. The Morgan fingerprint density at radius 1 is 1.42 bits per heavy atom. The first-order valence-corrected chi connectivity index (χ1v) is 7.35. The van der Waals surface area contributed by atoms with Gasteiger partial charge >= 0.3 is 0 Å². The van der Waals surface area contributed by atoms with Crippen molar-refractivity contribution >= 4 is 0 Å². The predicted octanol–water partition coefficient (Wildman–Crippen LogP) is 1.70. The van der Waals surface area contributed by atoms with Gasteiger partial charge in [0.05, 0.1) is 12.2 Å². The maximum absolute atomic E-state index is 10.5. The minimum Gasteiger partial charge on any atom is -0.390 e. The van der Waals surface area contributed by atoms with Crippen LogP contribution in [0.5, 0.6) is 0 Å². The van der Waals surface area contributed by atoms with Gasteiger partial charge in [0, 0.05) is 20.1 Å². The first-order valence-electron chi connectivity index (χ1n) is 7.35. The molecule has 108 valence electrons. The van der Waals surface area contributed by atoms with Crippen LogP contribution in [0, 0.1) is 5.92 Å². The Balaban J connectivity index is 1.98. The van der Waals surface area contributed by atoms with Gasteiger partial charge < -0.3 is 9.84 Å². The van der Waals surface area contributed by atoms with Crippen LogP contribution in [0.15, 0.2) is 6.33 Å². The molecule has 1 heterocycles. The van der Waals surface area contributed by atoms with Crippen LogP contribution < -0.4 is 0 Å². The minimum absolute atomic E-state index is 0.0676. The highest BCUT2D eigenvalue weighted by atomic mass is 16.5. The quantitative estimate of drug-likeness (QED) is 0.852. The second-order valence-corrected chi connectivity index (χ2v) is 5.39. The van der Waals surface area contributed by atoms with Crippen LogP contribution in [-0.2, 0) is 18.2 Å². The molecule has 1 saturated carbocycles. The first kappa shape index (κ1) is 14.5. The number of aliphatic hydroxyl groups is 1. The Kier molecular flexibility index (Phi) is 5.34. The van der Waals surface area contributed by atoms with E-state index in [0.717, 1.165) is 5.82 Å². The Morgan fingerprint density at radius 2 is 2.16 bits per heavy atom. The molecule has 0 aromatic carbocycles. The molecule has 1 aromatic rings. The molecular weight excluding hydrogens is 242 g/mol. The van der Waals surface area contributed by atoms with Crippen molar-refractivity contribution < 1.29 is 9.84 Å². The summed E-state index contributed by atoms with van der Waals surface area (Å²) in [5, 5.41) is 14.5. The van der Waals surface area contributed by atoms with Gasteiger partial charge in [-0.3, -0.25) is 4.68 Å². The molecule has 1 N–H and O–H groups in total. The molecule has 2 rings (SSSR count). The van der Waals surface area contributed by atoms with Gasteiger partial charge in [-0.25, -0.2) is 4.98 Å². The molecule has 2 atom stereocenters. The van der Waals surface area contributed by atoms with Crippen molar-refractivity contribution in [1.29, 1.82) is 0 Å². The van der Waals surface area contributed by atoms with Crippen LogP contribution in [-0.4, -0.2) is 38.7 Å². The molecule has 0 spiro atoms. The Hall–Kier alpha value is -0.940. The van der Waals surface area contributed by atoms with Gasteiger partial charge in [-0.05, 0) is 25.7 Å². The average molecular weight is 267 g/mol. The van der Waals surface area contributed by atoms with E-state index in [9.17, 15) is 5.11 Å². The fourth-order valence-corrected chi connectivity index (χ4v) is 3.02. The summed E-state index contributed by atoms with van der Waals surface area (Å²) in [6.07, 6.45) is 7.63. The topological polar surface area (TPSA) is 60.2 Å². The van der Waals surface area contributed by atoms with Gasteiger partial charge in [-0.15, -0.1) is 0 Å². The highest BCUT2D eigenvalue weighted by Crippen LogP contribution is 2.30. The van der Waals surface area contributed by atoms with Crippen molar-refractivity contribution in [2.24, 2.45) is 13.0 Å². The SMILES string of the molecule is CCOC(C(O)Cc1ncnn1C)C1CCCCC1. The van der Waals surface area contributed by atoms with E-state index in [0.29, 0.717) is 18.9 Å². The molecule has 1 aromatic heterocycles. The van der Waals surface area contributed by atoms with Crippen molar-refractivity contribution in [3.05, 3.63) is 12.2 Å². The fourth-order valence-electron chi connectivity index (χ4n) is 3.02. The largest absolute Gasteiger partial charge is 0.390 e.